The van der Waals surface area contributed by atoms with Crippen molar-refractivity contribution in [1.82, 2.24) is 0 Å². The van der Waals surface area contributed by atoms with Gasteiger partial charge in [0.05, 0.1) is 5.56 Å². The van der Waals surface area contributed by atoms with Crippen LogP contribution in [0.1, 0.15) is 24.2 Å². The van der Waals surface area contributed by atoms with Crippen LogP contribution in [0.3, 0.4) is 0 Å². The van der Waals surface area contributed by atoms with Crippen LogP contribution in [0.15, 0.2) is 30.3 Å². The van der Waals surface area contributed by atoms with Crippen molar-refractivity contribution in [2.75, 3.05) is 6.61 Å². The van der Waals surface area contributed by atoms with Crippen molar-refractivity contribution in [1.29, 1.82) is 0 Å². The molecular weight excluding hydrogens is 276 g/mol. The fourth-order valence-corrected chi connectivity index (χ4v) is 2.51. The van der Waals surface area contributed by atoms with Crippen molar-refractivity contribution in [3.63, 3.8) is 0 Å². The highest BCUT2D eigenvalue weighted by molar-refractivity contribution is 5.89. The topological polar surface area (TPSA) is 74.2 Å². The predicted octanol–water partition coefficient (Wildman–Crippen LogP) is 1.08. The first kappa shape index (κ1) is 14.5. The fraction of sp³-hybridized carbons (Fsp3) is 0.533. The maximum atomic E-state index is 11.8. The Hall–Kier alpha value is -1.47. The molecule has 4 atom stereocenters. The smallest absolute Gasteiger partial charge is 0.338 e. The lowest BCUT2D eigenvalue weighted by Gasteiger charge is -2.22. The molecule has 0 saturated carbocycles. The Bertz CT molecular complexity index is 514. The van der Waals surface area contributed by atoms with E-state index in [2.05, 4.69) is 0 Å². The third kappa shape index (κ3) is 2.94. The van der Waals surface area contributed by atoms with Gasteiger partial charge in [-0.2, -0.15) is 0 Å². The van der Waals surface area contributed by atoms with Gasteiger partial charge in [-0.05, 0) is 26.0 Å². The Labute approximate surface area is 122 Å². The number of ether oxygens (including phenoxy) is 4. The normalized spacial score (nSPS) is 33.7. The number of carbonyl (C=O) groups excluding carboxylic acids is 1. The number of hydrogen-bond acceptors (Lipinski definition) is 6. The second-order valence-corrected chi connectivity index (χ2v) is 5.60. The summed E-state index contributed by atoms with van der Waals surface area (Å²) in [7, 11) is 0. The zero-order chi connectivity index (χ0) is 15.0. The Kier molecular flexibility index (Phi) is 3.71. The van der Waals surface area contributed by atoms with E-state index in [4.69, 9.17) is 18.9 Å². The van der Waals surface area contributed by atoms with Gasteiger partial charge in [0.1, 0.15) is 24.9 Å². The Balaban J connectivity index is 1.55. The summed E-state index contributed by atoms with van der Waals surface area (Å²) in [6, 6.07) is 8.66. The van der Waals surface area contributed by atoms with Gasteiger partial charge in [0.15, 0.2) is 12.1 Å². The summed E-state index contributed by atoms with van der Waals surface area (Å²) in [4.78, 5) is 11.8. The molecule has 2 saturated heterocycles. The van der Waals surface area contributed by atoms with Crippen molar-refractivity contribution in [3.05, 3.63) is 35.9 Å². The monoisotopic (exact) mass is 294 g/mol. The second-order valence-electron chi connectivity index (χ2n) is 5.60. The Morgan fingerprint density at radius 1 is 1.29 bits per heavy atom. The van der Waals surface area contributed by atoms with Gasteiger partial charge >= 0.3 is 5.97 Å². The third-order valence-electron chi connectivity index (χ3n) is 3.50. The molecule has 0 aliphatic carbocycles. The maximum Gasteiger partial charge on any atom is 0.338 e. The first-order valence-corrected chi connectivity index (χ1v) is 6.88. The van der Waals surface area contributed by atoms with Crippen molar-refractivity contribution in [2.45, 2.75) is 44.2 Å². The van der Waals surface area contributed by atoms with E-state index >= 15 is 0 Å². The molecule has 0 amide bonds. The van der Waals surface area contributed by atoms with Crippen LogP contribution in [0.4, 0.5) is 0 Å². The zero-order valence-electron chi connectivity index (χ0n) is 11.9. The molecule has 114 valence electrons. The maximum absolute atomic E-state index is 11.8. The highest BCUT2D eigenvalue weighted by Crippen LogP contribution is 2.37. The standard InChI is InChI=1S/C15H18O6/c1-15(2)20-12-11(16)10(19-14(12)21-15)8-18-13(17)9-6-4-3-5-7-9/h3-7,10-12,14,16H,8H2,1-2H3/t10-,11+,12?,14+/m1/s1. The average Bonchev–Trinajstić information content (AvgIpc) is 2.91. The largest absolute Gasteiger partial charge is 0.459 e. The zero-order valence-corrected chi connectivity index (χ0v) is 11.9. The van der Waals surface area contributed by atoms with E-state index in [1.54, 1.807) is 38.1 Å². The molecule has 1 aromatic rings. The van der Waals surface area contributed by atoms with Gasteiger partial charge in [-0.3, -0.25) is 0 Å². The SMILES string of the molecule is CC1(C)OC2[C@@H](O[C@H](COC(=O)c3ccccc3)[C@@H]2O)O1. The fourth-order valence-electron chi connectivity index (χ4n) is 2.51. The van der Waals surface area contributed by atoms with E-state index in [0.717, 1.165) is 0 Å². The van der Waals surface area contributed by atoms with E-state index < -0.39 is 36.4 Å². The van der Waals surface area contributed by atoms with E-state index in [1.807, 2.05) is 6.07 Å². The molecule has 21 heavy (non-hydrogen) atoms. The summed E-state index contributed by atoms with van der Waals surface area (Å²) >= 11 is 0. The summed E-state index contributed by atoms with van der Waals surface area (Å²) in [6.07, 6.45) is -2.72. The van der Waals surface area contributed by atoms with E-state index in [9.17, 15) is 9.90 Å². The molecule has 1 N–H and O–H groups in total. The molecule has 2 fully saturated rings. The van der Waals surface area contributed by atoms with Gasteiger partial charge in [-0.25, -0.2) is 4.79 Å². The molecular formula is C15H18O6. The summed E-state index contributed by atoms with van der Waals surface area (Å²) in [5.41, 5.74) is 0.457. The lowest BCUT2D eigenvalue weighted by atomic mass is 10.1. The lowest BCUT2D eigenvalue weighted by molar-refractivity contribution is -0.218. The van der Waals surface area contributed by atoms with Gasteiger partial charge in [0.25, 0.3) is 0 Å². The number of carbonyl (C=O) groups is 1. The molecule has 2 heterocycles. The second kappa shape index (κ2) is 5.38. The molecule has 1 unspecified atom stereocenters. The van der Waals surface area contributed by atoms with Gasteiger partial charge in [-0.15, -0.1) is 0 Å². The van der Waals surface area contributed by atoms with Crippen LogP contribution in [-0.4, -0.2) is 48.1 Å². The first-order valence-electron chi connectivity index (χ1n) is 6.88. The number of benzene rings is 1. The molecule has 0 aromatic heterocycles. The highest BCUT2D eigenvalue weighted by atomic mass is 16.8. The molecule has 0 spiro atoms. The van der Waals surface area contributed by atoms with Crippen molar-refractivity contribution < 1.29 is 28.8 Å². The van der Waals surface area contributed by atoms with Crippen molar-refractivity contribution in [2.24, 2.45) is 0 Å². The number of fused-ring (bicyclic) bond motifs is 1. The molecule has 2 aliphatic heterocycles. The average molecular weight is 294 g/mol. The molecule has 6 nitrogen and oxygen atoms in total. The summed E-state index contributed by atoms with van der Waals surface area (Å²) in [5, 5.41) is 10.2. The van der Waals surface area contributed by atoms with Crippen LogP contribution < -0.4 is 0 Å². The number of aliphatic hydroxyl groups is 1. The number of esters is 1. The van der Waals surface area contributed by atoms with Gasteiger partial charge in [-0.1, -0.05) is 18.2 Å². The minimum atomic E-state index is -0.889. The van der Waals surface area contributed by atoms with Gasteiger partial charge < -0.3 is 24.1 Å². The van der Waals surface area contributed by atoms with Crippen molar-refractivity contribution in [3.8, 4) is 0 Å². The van der Waals surface area contributed by atoms with Crippen molar-refractivity contribution >= 4 is 5.97 Å². The quantitative estimate of drug-likeness (QED) is 0.841. The van der Waals surface area contributed by atoms with Crippen LogP contribution in [0.25, 0.3) is 0 Å². The van der Waals surface area contributed by atoms with Gasteiger partial charge in [0, 0.05) is 0 Å². The molecule has 2 aliphatic rings. The Morgan fingerprint density at radius 2 is 2.00 bits per heavy atom. The van der Waals surface area contributed by atoms with Crippen LogP contribution >= 0.6 is 0 Å². The van der Waals surface area contributed by atoms with E-state index in [1.165, 1.54) is 0 Å². The van der Waals surface area contributed by atoms with E-state index in [-0.39, 0.29) is 6.61 Å². The number of aliphatic hydroxyl groups excluding tert-OH is 1. The summed E-state index contributed by atoms with van der Waals surface area (Å²) < 4.78 is 21.8. The highest BCUT2D eigenvalue weighted by Gasteiger charge is 2.54. The minimum Gasteiger partial charge on any atom is -0.459 e. The molecule has 1 aromatic carbocycles. The van der Waals surface area contributed by atoms with E-state index in [0.29, 0.717) is 5.56 Å². The van der Waals surface area contributed by atoms with Crippen LogP contribution in [-0.2, 0) is 18.9 Å². The molecule has 0 bridgehead atoms. The first-order chi connectivity index (χ1) is 9.96. The predicted molar refractivity (Wildman–Crippen MR) is 71.4 cm³/mol. The van der Waals surface area contributed by atoms with Crippen LogP contribution in [0.5, 0.6) is 0 Å². The third-order valence-corrected chi connectivity index (χ3v) is 3.50. The molecule has 0 radical (unpaired) electrons. The molecule has 6 heteroatoms. The van der Waals surface area contributed by atoms with Crippen LogP contribution in [0, 0.1) is 0 Å². The number of rotatable bonds is 3. The minimum absolute atomic E-state index is 0.0466. The summed E-state index contributed by atoms with van der Waals surface area (Å²) in [5.74, 6) is -1.23. The Morgan fingerprint density at radius 3 is 2.67 bits per heavy atom. The summed E-state index contributed by atoms with van der Waals surface area (Å²) in [6.45, 7) is 3.46. The van der Waals surface area contributed by atoms with Gasteiger partial charge in [0.2, 0.25) is 0 Å². The molecule has 3 rings (SSSR count). The lowest BCUT2D eigenvalue weighted by Crippen LogP contribution is -2.37. The van der Waals surface area contributed by atoms with Crippen LogP contribution in [0.2, 0.25) is 0 Å². The number of hydrogen-bond donors (Lipinski definition) is 1.